The molecule has 0 radical (unpaired) electrons. The van der Waals surface area contributed by atoms with Gasteiger partial charge in [0.15, 0.2) is 0 Å². The van der Waals surface area contributed by atoms with Crippen LogP contribution < -0.4 is 5.73 Å². The fraction of sp³-hybridized carbons (Fsp3) is 0.692. The summed E-state index contributed by atoms with van der Waals surface area (Å²) in [5.74, 6) is 0. The summed E-state index contributed by atoms with van der Waals surface area (Å²) in [6, 6.07) is 2.03. The molecule has 92 valence electrons. The molecule has 1 aromatic heterocycles. The summed E-state index contributed by atoms with van der Waals surface area (Å²) < 4.78 is 5.10. The standard InChI is InChI=1S/C13H24N2O/c1-4-6-15(11-13(2,3)10-14)8-12-5-7-16-9-12/h5,7,9H,4,6,8,10-11,14H2,1-3H3. The summed E-state index contributed by atoms with van der Waals surface area (Å²) in [6.45, 7) is 10.4. The summed E-state index contributed by atoms with van der Waals surface area (Å²) in [6.07, 6.45) is 4.71. The first-order chi connectivity index (χ1) is 7.57. The molecule has 0 saturated carbocycles. The fourth-order valence-corrected chi connectivity index (χ4v) is 1.84. The van der Waals surface area contributed by atoms with Gasteiger partial charge < -0.3 is 10.2 Å². The lowest BCUT2D eigenvalue weighted by molar-refractivity contribution is 0.175. The predicted molar refractivity (Wildman–Crippen MR) is 67.1 cm³/mol. The van der Waals surface area contributed by atoms with E-state index >= 15 is 0 Å². The van der Waals surface area contributed by atoms with Crippen molar-refractivity contribution in [2.75, 3.05) is 19.6 Å². The molecular weight excluding hydrogens is 200 g/mol. The molecule has 0 aliphatic rings. The van der Waals surface area contributed by atoms with Crippen LogP contribution in [0, 0.1) is 5.41 Å². The van der Waals surface area contributed by atoms with E-state index in [4.69, 9.17) is 10.2 Å². The van der Waals surface area contributed by atoms with Crippen LogP contribution in [0.2, 0.25) is 0 Å². The van der Waals surface area contributed by atoms with Gasteiger partial charge in [0.05, 0.1) is 12.5 Å². The van der Waals surface area contributed by atoms with E-state index in [9.17, 15) is 0 Å². The number of rotatable bonds is 7. The van der Waals surface area contributed by atoms with E-state index in [-0.39, 0.29) is 5.41 Å². The largest absolute Gasteiger partial charge is 0.472 e. The van der Waals surface area contributed by atoms with Crippen molar-refractivity contribution >= 4 is 0 Å². The van der Waals surface area contributed by atoms with Crippen LogP contribution in [-0.2, 0) is 6.54 Å². The van der Waals surface area contributed by atoms with E-state index in [1.54, 1.807) is 6.26 Å². The number of nitrogens with two attached hydrogens (primary N) is 1. The van der Waals surface area contributed by atoms with Gasteiger partial charge >= 0.3 is 0 Å². The highest BCUT2D eigenvalue weighted by molar-refractivity contribution is 5.05. The van der Waals surface area contributed by atoms with Crippen molar-refractivity contribution in [1.82, 2.24) is 4.90 Å². The monoisotopic (exact) mass is 224 g/mol. The molecular formula is C13H24N2O. The van der Waals surface area contributed by atoms with Gasteiger partial charge in [0.2, 0.25) is 0 Å². The van der Waals surface area contributed by atoms with E-state index in [2.05, 4.69) is 25.7 Å². The number of hydrogen-bond acceptors (Lipinski definition) is 3. The van der Waals surface area contributed by atoms with Gasteiger partial charge in [-0.2, -0.15) is 0 Å². The molecule has 1 aromatic rings. The van der Waals surface area contributed by atoms with Gasteiger partial charge in [-0.15, -0.1) is 0 Å². The Morgan fingerprint density at radius 3 is 2.69 bits per heavy atom. The smallest absolute Gasteiger partial charge is 0.0947 e. The Bertz CT molecular complexity index is 280. The first kappa shape index (κ1) is 13.3. The lowest BCUT2D eigenvalue weighted by Crippen LogP contribution is -2.38. The van der Waals surface area contributed by atoms with Gasteiger partial charge in [-0.1, -0.05) is 20.8 Å². The molecule has 3 nitrogen and oxygen atoms in total. The number of hydrogen-bond donors (Lipinski definition) is 1. The molecule has 0 amide bonds. The van der Waals surface area contributed by atoms with Gasteiger partial charge in [0.1, 0.15) is 0 Å². The van der Waals surface area contributed by atoms with E-state index in [0.717, 1.165) is 26.2 Å². The lowest BCUT2D eigenvalue weighted by atomic mass is 9.93. The average molecular weight is 224 g/mol. The Morgan fingerprint density at radius 1 is 1.44 bits per heavy atom. The van der Waals surface area contributed by atoms with Crippen LogP contribution in [0.4, 0.5) is 0 Å². The lowest BCUT2D eigenvalue weighted by Gasteiger charge is -2.31. The van der Waals surface area contributed by atoms with Crippen LogP contribution in [0.1, 0.15) is 32.8 Å². The van der Waals surface area contributed by atoms with E-state index < -0.39 is 0 Å². The van der Waals surface area contributed by atoms with Crippen molar-refractivity contribution in [2.45, 2.75) is 33.7 Å². The Morgan fingerprint density at radius 2 is 2.19 bits per heavy atom. The Kier molecular flexibility index (Phi) is 5.03. The molecule has 0 fully saturated rings. The van der Waals surface area contributed by atoms with Crippen molar-refractivity contribution in [3.05, 3.63) is 24.2 Å². The molecule has 0 aromatic carbocycles. The molecule has 0 aliphatic carbocycles. The van der Waals surface area contributed by atoms with Crippen molar-refractivity contribution < 1.29 is 4.42 Å². The third-order valence-electron chi connectivity index (χ3n) is 2.73. The van der Waals surface area contributed by atoms with Crippen LogP contribution in [0.15, 0.2) is 23.0 Å². The number of nitrogens with zero attached hydrogens (tertiary/aromatic N) is 1. The summed E-state index contributed by atoms with van der Waals surface area (Å²) in [7, 11) is 0. The summed E-state index contributed by atoms with van der Waals surface area (Å²) in [5, 5.41) is 0. The Balaban J connectivity index is 2.54. The van der Waals surface area contributed by atoms with Gasteiger partial charge in [0, 0.05) is 18.7 Å². The second-order valence-electron chi connectivity index (χ2n) is 5.21. The molecule has 3 heteroatoms. The minimum absolute atomic E-state index is 0.179. The van der Waals surface area contributed by atoms with E-state index in [1.165, 1.54) is 12.0 Å². The third-order valence-corrected chi connectivity index (χ3v) is 2.73. The predicted octanol–water partition coefficient (Wildman–Crippen LogP) is 2.48. The molecule has 0 spiro atoms. The summed E-state index contributed by atoms with van der Waals surface area (Å²) in [5.41, 5.74) is 7.20. The van der Waals surface area contributed by atoms with Gasteiger partial charge in [0.25, 0.3) is 0 Å². The maximum Gasteiger partial charge on any atom is 0.0947 e. The number of furan rings is 1. The van der Waals surface area contributed by atoms with E-state index in [1.807, 2.05) is 12.3 Å². The highest BCUT2D eigenvalue weighted by Crippen LogP contribution is 2.17. The van der Waals surface area contributed by atoms with Crippen molar-refractivity contribution in [3.8, 4) is 0 Å². The average Bonchev–Trinajstić information content (AvgIpc) is 2.70. The molecule has 0 aliphatic heterocycles. The maximum absolute atomic E-state index is 5.78. The van der Waals surface area contributed by atoms with Crippen LogP contribution in [0.25, 0.3) is 0 Å². The summed E-state index contributed by atoms with van der Waals surface area (Å²) >= 11 is 0. The van der Waals surface area contributed by atoms with Crippen LogP contribution >= 0.6 is 0 Å². The van der Waals surface area contributed by atoms with Crippen molar-refractivity contribution in [3.63, 3.8) is 0 Å². The zero-order valence-corrected chi connectivity index (χ0v) is 10.7. The molecule has 0 saturated heterocycles. The SMILES string of the molecule is CCCN(Cc1ccoc1)CC(C)(C)CN. The van der Waals surface area contributed by atoms with Crippen LogP contribution in [0.5, 0.6) is 0 Å². The summed E-state index contributed by atoms with van der Waals surface area (Å²) in [4.78, 5) is 2.44. The normalized spacial score (nSPS) is 12.3. The van der Waals surface area contributed by atoms with Crippen molar-refractivity contribution in [2.24, 2.45) is 11.1 Å². The molecule has 0 bridgehead atoms. The third kappa shape index (κ3) is 4.37. The molecule has 16 heavy (non-hydrogen) atoms. The van der Waals surface area contributed by atoms with Crippen molar-refractivity contribution in [1.29, 1.82) is 0 Å². The molecule has 0 unspecified atom stereocenters. The van der Waals surface area contributed by atoms with Gasteiger partial charge in [-0.05, 0) is 31.0 Å². The molecule has 1 rings (SSSR count). The zero-order chi connectivity index (χ0) is 12.0. The molecule has 1 heterocycles. The van der Waals surface area contributed by atoms with Gasteiger partial charge in [-0.25, -0.2) is 0 Å². The second-order valence-corrected chi connectivity index (χ2v) is 5.21. The van der Waals surface area contributed by atoms with Crippen LogP contribution in [-0.4, -0.2) is 24.5 Å². The second kappa shape index (κ2) is 6.06. The van der Waals surface area contributed by atoms with E-state index in [0.29, 0.717) is 0 Å². The fourth-order valence-electron chi connectivity index (χ4n) is 1.84. The minimum Gasteiger partial charge on any atom is -0.472 e. The zero-order valence-electron chi connectivity index (χ0n) is 10.7. The highest BCUT2D eigenvalue weighted by atomic mass is 16.3. The first-order valence-electron chi connectivity index (χ1n) is 6.01. The molecule has 0 atom stereocenters. The first-order valence-corrected chi connectivity index (χ1v) is 6.01. The topological polar surface area (TPSA) is 42.4 Å². The molecule has 2 N–H and O–H groups in total. The minimum atomic E-state index is 0.179. The quantitative estimate of drug-likeness (QED) is 0.773. The highest BCUT2D eigenvalue weighted by Gasteiger charge is 2.19. The Hall–Kier alpha value is -0.800. The van der Waals surface area contributed by atoms with Gasteiger partial charge in [-0.3, -0.25) is 4.90 Å². The van der Waals surface area contributed by atoms with Crippen LogP contribution in [0.3, 0.4) is 0 Å². The maximum atomic E-state index is 5.78. The Labute approximate surface area is 98.6 Å².